The van der Waals surface area contributed by atoms with Crippen molar-refractivity contribution in [1.82, 2.24) is 24.3 Å². The SMILES string of the molecule is O=C(Nc1nccs1)C(c1ncn2c1CCC2)N1Cc2c(Cl)cc(-c3ccc(N4CC5(CN(C(=O)O)C5)C4)cc3)cc2C1=O. The number of imidazole rings is 1. The normalized spacial score (nSPS) is 18.6. The van der Waals surface area contributed by atoms with Crippen molar-refractivity contribution in [1.29, 1.82) is 0 Å². The quantitative estimate of drug-likeness (QED) is 0.316. The Morgan fingerprint density at radius 2 is 1.86 bits per heavy atom. The molecule has 0 aliphatic carbocycles. The van der Waals surface area contributed by atoms with Crippen LogP contribution in [0.1, 0.15) is 39.8 Å². The maximum absolute atomic E-state index is 14.0. The van der Waals surface area contributed by atoms with Crippen molar-refractivity contribution in [2.45, 2.75) is 32.0 Å². The van der Waals surface area contributed by atoms with Crippen molar-refractivity contribution in [3.8, 4) is 11.1 Å². The van der Waals surface area contributed by atoms with Gasteiger partial charge in [-0.25, -0.2) is 14.8 Å². The third-order valence-electron chi connectivity index (χ3n) is 9.23. The van der Waals surface area contributed by atoms with E-state index in [1.807, 2.05) is 36.4 Å². The standard InChI is InChI=1S/C31H28ClN7O4S/c32-23-11-19(18-3-5-20(6-4-18)37-13-31(14-37)15-38(16-31)30(42)43)10-21-22(23)12-39(28(21)41)26(27(40)35-29-33-7-9-44-29)25-24-2-1-8-36(24)17-34-25/h3-7,9-11,17,26H,1-2,8,12-16H2,(H,42,43)(H,33,35,40). The highest BCUT2D eigenvalue weighted by molar-refractivity contribution is 7.13. The number of hydrogen-bond acceptors (Lipinski definition) is 7. The molecule has 224 valence electrons. The number of hydrogen-bond donors (Lipinski definition) is 2. The van der Waals surface area contributed by atoms with Crippen LogP contribution in [0, 0.1) is 5.41 Å². The van der Waals surface area contributed by atoms with Gasteiger partial charge in [-0.1, -0.05) is 23.7 Å². The third-order valence-corrected chi connectivity index (χ3v) is 10.3. The van der Waals surface area contributed by atoms with E-state index in [1.165, 1.54) is 16.2 Å². The number of carbonyl (C=O) groups is 3. The number of nitrogens with one attached hydrogen (secondary N) is 1. The molecule has 2 aromatic heterocycles. The number of anilines is 2. The first-order valence-electron chi connectivity index (χ1n) is 14.5. The van der Waals surface area contributed by atoms with Crippen molar-refractivity contribution in [3.63, 3.8) is 0 Å². The number of amides is 3. The Labute approximate surface area is 261 Å². The van der Waals surface area contributed by atoms with Gasteiger partial charge in [0.2, 0.25) is 0 Å². The molecule has 2 saturated heterocycles. The number of aromatic nitrogens is 3. The third kappa shape index (κ3) is 4.34. The van der Waals surface area contributed by atoms with Crippen LogP contribution in [0.4, 0.5) is 15.6 Å². The molecule has 2 fully saturated rings. The van der Waals surface area contributed by atoms with E-state index >= 15 is 0 Å². The zero-order valence-electron chi connectivity index (χ0n) is 23.6. The Hall–Kier alpha value is -4.42. The Kier molecular flexibility index (Phi) is 6.21. The van der Waals surface area contributed by atoms with Gasteiger partial charge in [-0.05, 0) is 48.2 Å². The van der Waals surface area contributed by atoms with Crippen LogP contribution in [0.15, 0.2) is 54.3 Å². The van der Waals surface area contributed by atoms with E-state index in [2.05, 4.69) is 24.8 Å². The van der Waals surface area contributed by atoms with Crippen molar-refractivity contribution in [2.24, 2.45) is 5.41 Å². The van der Waals surface area contributed by atoms with Crippen LogP contribution in [-0.2, 0) is 24.3 Å². The van der Waals surface area contributed by atoms with E-state index < -0.39 is 12.1 Å². The van der Waals surface area contributed by atoms with Gasteiger partial charge in [0.15, 0.2) is 11.2 Å². The average molecular weight is 630 g/mol. The molecule has 4 aliphatic rings. The molecule has 0 saturated carbocycles. The Morgan fingerprint density at radius 1 is 1.07 bits per heavy atom. The molecule has 2 aromatic carbocycles. The van der Waals surface area contributed by atoms with Gasteiger partial charge in [-0.2, -0.15) is 0 Å². The summed E-state index contributed by atoms with van der Waals surface area (Å²) < 4.78 is 2.05. The molecule has 1 atom stereocenters. The van der Waals surface area contributed by atoms with Gasteiger partial charge in [0.25, 0.3) is 11.8 Å². The molecule has 1 unspecified atom stereocenters. The summed E-state index contributed by atoms with van der Waals surface area (Å²) in [5.41, 5.74) is 5.63. The summed E-state index contributed by atoms with van der Waals surface area (Å²) in [4.78, 5) is 53.0. The van der Waals surface area contributed by atoms with Gasteiger partial charge in [0, 0.05) is 83.8 Å². The maximum Gasteiger partial charge on any atom is 0.407 e. The molecule has 0 bridgehead atoms. The zero-order valence-corrected chi connectivity index (χ0v) is 25.1. The number of benzene rings is 2. The first-order chi connectivity index (χ1) is 21.3. The monoisotopic (exact) mass is 629 g/mol. The first kappa shape index (κ1) is 27.2. The van der Waals surface area contributed by atoms with Crippen molar-refractivity contribution in [3.05, 3.63) is 81.8 Å². The molecule has 8 rings (SSSR count). The second-order valence-corrected chi connectivity index (χ2v) is 13.4. The molecule has 3 amide bonds. The molecule has 13 heteroatoms. The summed E-state index contributed by atoms with van der Waals surface area (Å²) in [6.45, 7) is 3.89. The van der Waals surface area contributed by atoms with E-state index in [1.54, 1.807) is 22.8 Å². The number of fused-ring (bicyclic) bond motifs is 2. The van der Waals surface area contributed by atoms with Crippen LogP contribution in [0.2, 0.25) is 5.02 Å². The fraction of sp³-hybridized carbons (Fsp3) is 0.323. The summed E-state index contributed by atoms with van der Waals surface area (Å²) in [5.74, 6) is -0.618. The Bertz CT molecular complexity index is 1810. The lowest BCUT2D eigenvalue weighted by atomic mass is 9.73. The lowest BCUT2D eigenvalue weighted by Gasteiger charge is -2.60. The van der Waals surface area contributed by atoms with Gasteiger partial charge >= 0.3 is 6.09 Å². The minimum absolute atomic E-state index is 0.0719. The number of carboxylic acid groups (broad SMARTS) is 1. The van der Waals surface area contributed by atoms with Gasteiger partial charge in [-0.15, -0.1) is 11.3 Å². The fourth-order valence-electron chi connectivity index (χ4n) is 7.07. The maximum atomic E-state index is 14.0. The number of aryl methyl sites for hydroxylation is 1. The molecule has 2 N–H and O–H groups in total. The lowest BCUT2D eigenvalue weighted by molar-refractivity contribution is -0.121. The van der Waals surface area contributed by atoms with Gasteiger partial charge in [0.05, 0.1) is 12.0 Å². The van der Waals surface area contributed by atoms with E-state index in [0.29, 0.717) is 40.1 Å². The average Bonchev–Trinajstić information content (AvgIpc) is 3.76. The number of carbonyl (C=O) groups excluding carboxylic acids is 2. The van der Waals surface area contributed by atoms with E-state index in [9.17, 15) is 14.4 Å². The summed E-state index contributed by atoms with van der Waals surface area (Å²) in [6.07, 6.45) is 4.28. The van der Waals surface area contributed by atoms with Crippen LogP contribution in [0.25, 0.3) is 11.1 Å². The molecular weight excluding hydrogens is 602 g/mol. The van der Waals surface area contributed by atoms with Crippen LogP contribution in [0.3, 0.4) is 0 Å². The minimum atomic E-state index is -0.926. The van der Waals surface area contributed by atoms with Crippen LogP contribution in [0.5, 0.6) is 0 Å². The molecule has 4 aliphatic heterocycles. The molecular formula is C31H28ClN7O4S. The number of rotatable bonds is 6. The smallest absolute Gasteiger partial charge is 0.407 e. The van der Waals surface area contributed by atoms with E-state index in [0.717, 1.165) is 55.0 Å². The van der Waals surface area contributed by atoms with Crippen LogP contribution in [-0.4, -0.2) is 73.5 Å². The van der Waals surface area contributed by atoms with Gasteiger partial charge in [-0.3, -0.25) is 14.9 Å². The largest absolute Gasteiger partial charge is 0.465 e. The van der Waals surface area contributed by atoms with Crippen LogP contribution < -0.4 is 10.2 Å². The summed E-state index contributed by atoms with van der Waals surface area (Å²) >= 11 is 8.13. The minimum Gasteiger partial charge on any atom is -0.465 e. The van der Waals surface area contributed by atoms with E-state index in [-0.39, 0.29) is 23.8 Å². The number of nitrogens with zero attached hydrogens (tertiary/aromatic N) is 6. The second kappa shape index (κ2) is 10.1. The molecule has 11 nitrogen and oxygen atoms in total. The highest BCUT2D eigenvalue weighted by Crippen LogP contribution is 2.43. The van der Waals surface area contributed by atoms with Crippen molar-refractivity contribution >= 4 is 51.7 Å². The summed E-state index contributed by atoms with van der Waals surface area (Å²) in [7, 11) is 0. The molecule has 1 spiro atoms. The predicted molar refractivity (Wildman–Crippen MR) is 165 cm³/mol. The van der Waals surface area contributed by atoms with Gasteiger partial charge < -0.3 is 24.4 Å². The highest BCUT2D eigenvalue weighted by atomic mass is 35.5. The number of likely N-dealkylation sites (tertiary alicyclic amines) is 1. The lowest BCUT2D eigenvalue weighted by Crippen LogP contribution is -2.73. The Balaban J connectivity index is 1.04. The van der Waals surface area contributed by atoms with Gasteiger partial charge in [0.1, 0.15) is 0 Å². The first-order valence-corrected chi connectivity index (χ1v) is 15.8. The molecule has 0 radical (unpaired) electrons. The summed E-state index contributed by atoms with van der Waals surface area (Å²) in [6, 6.07) is 10.9. The predicted octanol–water partition coefficient (Wildman–Crippen LogP) is 4.74. The Morgan fingerprint density at radius 3 is 2.59 bits per heavy atom. The summed E-state index contributed by atoms with van der Waals surface area (Å²) in [5, 5.41) is 14.8. The topological polar surface area (TPSA) is 124 Å². The van der Waals surface area contributed by atoms with E-state index in [4.69, 9.17) is 16.7 Å². The van der Waals surface area contributed by atoms with Crippen molar-refractivity contribution in [2.75, 3.05) is 36.4 Å². The molecule has 4 aromatic rings. The van der Waals surface area contributed by atoms with Crippen LogP contribution >= 0.6 is 22.9 Å². The fourth-order valence-corrected chi connectivity index (χ4v) is 7.89. The highest BCUT2D eigenvalue weighted by Gasteiger charge is 2.53. The zero-order chi connectivity index (χ0) is 30.2. The molecule has 6 heterocycles. The van der Waals surface area contributed by atoms with Crippen molar-refractivity contribution < 1.29 is 19.5 Å². The number of halogens is 1. The molecule has 44 heavy (non-hydrogen) atoms. The number of thiazole rings is 1. The second-order valence-electron chi connectivity index (χ2n) is 12.1.